The third-order valence-corrected chi connectivity index (χ3v) is 5.50. The lowest BCUT2D eigenvalue weighted by Crippen LogP contribution is -2.36. The first kappa shape index (κ1) is 21.3. The van der Waals surface area contributed by atoms with E-state index in [9.17, 15) is 8.42 Å². The maximum absolute atomic E-state index is 11.6. The molecular weight excluding hydrogens is 412 g/mol. The number of halogens is 1. The minimum Gasteiger partial charge on any atom is -0.495 e. The summed E-state index contributed by atoms with van der Waals surface area (Å²) in [6, 6.07) is 9.23. The van der Waals surface area contributed by atoms with E-state index in [2.05, 4.69) is 14.7 Å². The molecule has 3 aromatic rings. The lowest BCUT2D eigenvalue weighted by molar-refractivity contribution is 0.415. The van der Waals surface area contributed by atoms with Gasteiger partial charge in [-0.1, -0.05) is 31.5 Å². The standard InChI is InChI=1S/C20H23ClN4O3S/c1-20(2,12-23-29(4,26)27)19-24-17(13-7-9-22-10-8-13)18(25-19)14-5-6-15(21)16(11-14)28-3/h5-11,23H,12H2,1-4H3,(H,24,25). The van der Waals surface area contributed by atoms with Crippen molar-refractivity contribution in [2.24, 2.45) is 0 Å². The Hall–Kier alpha value is -2.42. The van der Waals surface area contributed by atoms with Gasteiger partial charge >= 0.3 is 0 Å². The summed E-state index contributed by atoms with van der Waals surface area (Å²) in [5.74, 6) is 1.21. The second kappa shape index (κ2) is 8.14. The van der Waals surface area contributed by atoms with Crippen LogP contribution >= 0.6 is 11.6 Å². The van der Waals surface area contributed by atoms with E-state index < -0.39 is 15.4 Å². The van der Waals surface area contributed by atoms with Gasteiger partial charge in [-0.2, -0.15) is 0 Å². The van der Waals surface area contributed by atoms with Crippen molar-refractivity contribution in [3.63, 3.8) is 0 Å². The van der Waals surface area contributed by atoms with Gasteiger partial charge in [-0.05, 0) is 24.3 Å². The normalized spacial score (nSPS) is 12.2. The van der Waals surface area contributed by atoms with Crippen LogP contribution in [0.25, 0.3) is 22.5 Å². The molecule has 0 unspecified atom stereocenters. The van der Waals surface area contributed by atoms with Gasteiger partial charge in [-0.25, -0.2) is 18.1 Å². The Morgan fingerprint density at radius 1 is 1.17 bits per heavy atom. The Morgan fingerprint density at radius 3 is 2.48 bits per heavy atom. The largest absolute Gasteiger partial charge is 0.495 e. The number of hydrogen-bond donors (Lipinski definition) is 2. The number of nitrogens with one attached hydrogen (secondary N) is 2. The maximum atomic E-state index is 11.6. The Morgan fingerprint density at radius 2 is 1.86 bits per heavy atom. The number of imidazole rings is 1. The zero-order valence-electron chi connectivity index (χ0n) is 16.7. The minimum atomic E-state index is -3.32. The second-order valence-corrected chi connectivity index (χ2v) is 9.61. The summed E-state index contributed by atoms with van der Waals surface area (Å²) < 4.78 is 31.0. The molecule has 0 aliphatic rings. The van der Waals surface area contributed by atoms with Gasteiger partial charge in [0.1, 0.15) is 11.6 Å². The summed E-state index contributed by atoms with van der Waals surface area (Å²) in [6.45, 7) is 4.05. The molecule has 0 spiro atoms. The van der Waals surface area contributed by atoms with Crippen molar-refractivity contribution < 1.29 is 13.2 Å². The van der Waals surface area contributed by atoms with Crippen LogP contribution in [-0.4, -0.2) is 43.3 Å². The van der Waals surface area contributed by atoms with Gasteiger partial charge in [-0.3, -0.25) is 4.98 Å². The third-order valence-electron chi connectivity index (χ3n) is 4.51. The molecule has 3 rings (SSSR count). The molecule has 0 saturated heterocycles. The maximum Gasteiger partial charge on any atom is 0.208 e. The molecule has 0 aliphatic carbocycles. The summed E-state index contributed by atoms with van der Waals surface area (Å²) in [5, 5.41) is 0.509. The predicted octanol–water partition coefficient (Wildman–Crippen LogP) is 3.63. The number of nitrogens with zero attached hydrogens (tertiary/aromatic N) is 2. The van der Waals surface area contributed by atoms with Gasteiger partial charge in [0.15, 0.2) is 0 Å². The Kier molecular flexibility index (Phi) is 5.97. The number of H-pyrrole nitrogens is 1. The van der Waals surface area contributed by atoms with Crippen LogP contribution in [0, 0.1) is 0 Å². The van der Waals surface area contributed by atoms with Crippen LogP contribution in [0.3, 0.4) is 0 Å². The molecule has 1 aromatic carbocycles. The van der Waals surface area contributed by atoms with Crippen molar-refractivity contribution in [1.82, 2.24) is 19.7 Å². The lowest BCUT2D eigenvalue weighted by Gasteiger charge is -2.22. The SMILES string of the molecule is COc1cc(-c2nc(C(C)(C)CNS(C)(=O)=O)[nH]c2-c2ccncc2)ccc1Cl. The molecule has 0 radical (unpaired) electrons. The molecular formula is C20H23ClN4O3S. The molecule has 0 saturated carbocycles. The van der Waals surface area contributed by atoms with E-state index >= 15 is 0 Å². The molecule has 0 aliphatic heterocycles. The van der Waals surface area contributed by atoms with Crippen molar-refractivity contribution >= 4 is 21.6 Å². The van der Waals surface area contributed by atoms with Gasteiger partial charge in [0, 0.05) is 35.5 Å². The van der Waals surface area contributed by atoms with E-state index in [0.717, 1.165) is 23.1 Å². The highest BCUT2D eigenvalue weighted by atomic mass is 35.5. The zero-order chi connectivity index (χ0) is 21.2. The molecule has 2 N–H and O–H groups in total. The van der Waals surface area contributed by atoms with Crippen molar-refractivity contribution in [3.05, 3.63) is 53.6 Å². The first-order valence-electron chi connectivity index (χ1n) is 8.90. The molecule has 154 valence electrons. The Balaban J connectivity index is 2.12. The fourth-order valence-corrected chi connectivity index (χ4v) is 3.65. The van der Waals surface area contributed by atoms with Crippen LogP contribution < -0.4 is 9.46 Å². The van der Waals surface area contributed by atoms with Gasteiger partial charge in [0.25, 0.3) is 0 Å². The highest BCUT2D eigenvalue weighted by Crippen LogP contribution is 2.36. The first-order valence-corrected chi connectivity index (χ1v) is 11.2. The molecule has 0 bridgehead atoms. The van der Waals surface area contributed by atoms with Crippen LogP contribution in [-0.2, 0) is 15.4 Å². The summed E-state index contributed by atoms with van der Waals surface area (Å²) in [5.41, 5.74) is 2.69. The topological polar surface area (TPSA) is 97.0 Å². The number of benzene rings is 1. The van der Waals surface area contributed by atoms with Crippen molar-refractivity contribution in [2.45, 2.75) is 19.3 Å². The number of hydrogen-bond acceptors (Lipinski definition) is 5. The van der Waals surface area contributed by atoms with Crippen LogP contribution in [0.4, 0.5) is 0 Å². The highest BCUT2D eigenvalue weighted by molar-refractivity contribution is 7.88. The number of rotatable bonds is 7. The Labute approximate surface area is 175 Å². The van der Waals surface area contributed by atoms with Crippen LogP contribution in [0.1, 0.15) is 19.7 Å². The average molecular weight is 435 g/mol. The molecule has 0 atom stereocenters. The van der Waals surface area contributed by atoms with Crippen LogP contribution in [0.2, 0.25) is 5.02 Å². The molecule has 9 heteroatoms. The molecule has 2 heterocycles. The van der Waals surface area contributed by atoms with E-state index in [1.54, 1.807) is 25.6 Å². The number of aromatic nitrogens is 3. The Bertz CT molecular complexity index is 1110. The average Bonchev–Trinajstić information content (AvgIpc) is 3.13. The fraction of sp³-hybridized carbons (Fsp3) is 0.300. The molecule has 29 heavy (non-hydrogen) atoms. The predicted molar refractivity (Wildman–Crippen MR) is 115 cm³/mol. The quantitative estimate of drug-likeness (QED) is 0.591. The smallest absolute Gasteiger partial charge is 0.208 e. The number of methoxy groups -OCH3 is 1. The fourth-order valence-electron chi connectivity index (χ4n) is 2.83. The van der Waals surface area contributed by atoms with E-state index in [1.807, 2.05) is 38.1 Å². The van der Waals surface area contributed by atoms with Gasteiger partial charge in [-0.15, -0.1) is 0 Å². The van der Waals surface area contributed by atoms with Crippen LogP contribution in [0.15, 0.2) is 42.7 Å². The second-order valence-electron chi connectivity index (χ2n) is 7.37. The van der Waals surface area contributed by atoms with Gasteiger partial charge in [0.2, 0.25) is 10.0 Å². The molecule has 0 amide bonds. The lowest BCUT2D eigenvalue weighted by atomic mass is 9.93. The first-order chi connectivity index (χ1) is 13.6. The number of sulfonamides is 1. The van der Waals surface area contributed by atoms with Crippen LogP contribution in [0.5, 0.6) is 5.75 Å². The third kappa shape index (κ3) is 4.95. The monoisotopic (exact) mass is 434 g/mol. The van der Waals surface area contributed by atoms with E-state index in [-0.39, 0.29) is 6.54 Å². The van der Waals surface area contributed by atoms with Crippen molar-refractivity contribution in [3.8, 4) is 28.3 Å². The highest BCUT2D eigenvalue weighted by Gasteiger charge is 2.28. The molecule has 7 nitrogen and oxygen atoms in total. The van der Waals surface area contributed by atoms with E-state index in [4.69, 9.17) is 21.3 Å². The summed E-state index contributed by atoms with van der Waals surface area (Å²) >= 11 is 6.18. The van der Waals surface area contributed by atoms with Gasteiger partial charge in [0.05, 0.1) is 29.8 Å². The number of ether oxygens (including phenoxy) is 1. The van der Waals surface area contributed by atoms with E-state index in [0.29, 0.717) is 22.3 Å². The number of aromatic amines is 1. The van der Waals surface area contributed by atoms with E-state index in [1.165, 1.54) is 0 Å². The van der Waals surface area contributed by atoms with Crippen molar-refractivity contribution in [2.75, 3.05) is 19.9 Å². The summed E-state index contributed by atoms with van der Waals surface area (Å²) in [7, 11) is -1.76. The molecule has 0 fully saturated rings. The van der Waals surface area contributed by atoms with Crippen molar-refractivity contribution in [1.29, 1.82) is 0 Å². The summed E-state index contributed by atoms with van der Waals surface area (Å²) in [6.07, 6.45) is 4.55. The van der Waals surface area contributed by atoms with Gasteiger partial charge < -0.3 is 9.72 Å². The summed E-state index contributed by atoms with van der Waals surface area (Å²) in [4.78, 5) is 12.3. The minimum absolute atomic E-state index is 0.207. The number of pyridine rings is 1. The zero-order valence-corrected chi connectivity index (χ0v) is 18.2. The molecule has 2 aromatic heterocycles.